The van der Waals surface area contributed by atoms with E-state index >= 15 is 0 Å². The lowest BCUT2D eigenvalue weighted by Crippen LogP contribution is -2.34. The Hall–Kier alpha value is -3.13. The number of esters is 1. The highest BCUT2D eigenvalue weighted by atomic mass is 16.5. The maximum atomic E-state index is 12.8. The molecule has 1 atom stereocenters. The Bertz CT molecular complexity index is 788. The SMILES string of the molecule is N#Cc1ccc(C(=O)O[C@H](C(=O)N2CCCC2)c2ccccc2)cc1. The van der Waals surface area contributed by atoms with Crippen LogP contribution in [-0.4, -0.2) is 29.9 Å². The minimum absolute atomic E-state index is 0.189. The van der Waals surface area contributed by atoms with Crippen molar-refractivity contribution in [2.45, 2.75) is 18.9 Å². The third-order valence-corrected chi connectivity index (χ3v) is 4.22. The maximum Gasteiger partial charge on any atom is 0.339 e. The first-order chi connectivity index (χ1) is 12.2. The van der Waals surface area contributed by atoms with E-state index in [0.717, 1.165) is 12.8 Å². The summed E-state index contributed by atoms with van der Waals surface area (Å²) in [4.78, 5) is 27.0. The molecule has 0 aliphatic carbocycles. The van der Waals surface area contributed by atoms with Gasteiger partial charge in [-0.3, -0.25) is 4.79 Å². The molecule has 1 fully saturated rings. The molecule has 1 saturated heterocycles. The standard InChI is InChI=1S/C20H18N2O3/c21-14-15-8-10-17(11-9-15)20(24)25-18(16-6-2-1-3-7-16)19(23)22-12-4-5-13-22/h1-3,6-11,18H,4-5,12-13H2/t18-/m0/s1. The smallest absolute Gasteiger partial charge is 0.339 e. The Kier molecular flexibility index (Phi) is 5.10. The average molecular weight is 334 g/mol. The van der Waals surface area contributed by atoms with Crippen LogP contribution in [0, 0.1) is 11.3 Å². The van der Waals surface area contributed by atoms with Crippen molar-refractivity contribution in [1.82, 2.24) is 4.90 Å². The van der Waals surface area contributed by atoms with E-state index in [9.17, 15) is 9.59 Å². The molecular formula is C20H18N2O3. The molecule has 0 saturated carbocycles. The summed E-state index contributed by atoms with van der Waals surface area (Å²) in [6.07, 6.45) is 0.982. The first kappa shape index (κ1) is 16.7. The second-order valence-electron chi connectivity index (χ2n) is 5.92. The number of nitrogens with zero attached hydrogens (tertiary/aromatic N) is 2. The van der Waals surface area contributed by atoms with Crippen LogP contribution in [0.4, 0.5) is 0 Å². The summed E-state index contributed by atoms with van der Waals surface area (Å²) in [7, 11) is 0. The Labute approximate surface area is 146 Å². The van der Waals surface area contributed by atoms with Gasteiger partial charge in [0.25, 0.3) is 5.91 Å². The van der Waals surface area contributed by atoms with E-state index < -0.39 is 12.1 Å². The molecule has 5 heteroatoms. The van der Waals surface area contributed by atoms with Crippen LogP contribution in [0.2, 0.25) is 0 Å². The van der Waals surface area contributed by atoms with Gasteiger partial charge in [0.15, 0.2) is 0 Å². The van der Waals surface area contributed by atoms with E-state index in [1.54, 1.807) is 29.2 Å². The van der Waals surface area contributed by atoms with Crippen LogP contribution in [0.3, 0.4) is 0 Å². The van der Waals surface area contributed by atoms with Crippen LogP contribution >= 0.6 is 0 Å². The number of nitriles is 1. The van der Waals surface area contributed by atoms with Crippen molar-refractivity contribution in [3.63, 3.8) is 0 Å². The van der Waals surface area contributed by atoms with Crippen LogP contribution in [0.15, 0.2) is 54.6 Å². The second-order valence-corrected chi connectivity index (χ2v) is 5.92. The van der Waals surface area contributed by atoms with Gasteiger partial charge in [0.2, 0.25) is 6.10 Å². The van der Waals surface area contributed by atoms with Gasteiger partial charge in [-0.1, -0.05) is 30.3 Å². The van der Waals surface area contributed by atoms with E-state index in [4.69, 9.17) is 10.00 Å². The Morgan fingerprint density at radius 3 is 2.24 bits per heavy atom. The minimum Gasteiger partial charge on any atom is -0.444 e. The normalized spacial score (nSPS) is 14.6. The number of likely N-dealkylation sites (tertiary alicyclic amines) is 1. The zero-order valence-electron chi connectivity index (χ0n) is 13.7. The summed E-state index contributed by atoms with van der Waals surface area (Å²) in [5.41, 5.74) is 1.43. The maximum absolute atomic E-state index is 12.8. The number of carbonyl (C=O) groups is 2. The van der Waals surface area contributed by atoms with Crippen molar-refractivity contribution in [3.8, 4) is 6.07 Å². The molecule has 0 N–H and O–H groups in total. The summed E-state index contributed by atoms with van der Waals surface area (Å²) < 4.78 is 5.56. The van der Waals surface area contributed by atoms with Crippen LogP contribution in [-0.2, 0) is 9.53 Å². The van der Waals surface area contributed by atoms with Crippen LogP contribution in [0.1, 0.15) is 40.4 Å². The Morgan fingerprint density at radius 1 is 1.00 bits per heavy atom. The third-order valence-electron chi connectivity index (χ3n) is 4.22. The van der Waals surface area contributed by atoms with Crippen molar-refractivity contribution < 1.29 is 14.3 Å². The molecule has 25 heavy (non-hydrogen) atoms. The highest BCUT2D eigenvalue weighted by Gasteiger charge is 2.31. The number of hydrogen-bond acceptors (Lipinski definition) is 4. The fourth-order valence-corrected chi connectivity index (χ4v) is 2.85. The second kappa shape index (κ2) is 7.63. The van der Waals surface area contributed by atoms with Gasteiger partial charge < -0.3 is 9.64 Å². The van der Waals surface area contributed by atoms with Crippen LogP contribution in [0.25, 0.3) is 0 Å². The van der Waals surface area contributed by atoms with Gasteiger partial charge in [0, 0.05) is 18.7 Å². The molecule has 2 aromatic carbocycles. The Morgan fingerprint density at radius 2 is 1.64 bits per heavy atom. The molecule has 0 aromatic heterocycles. The summed E-state index contributed by atoms with van der Waals surface area (Å²) in [5, 5.41) is 8.84. The van der Waals surface area contributed by atoms with Crippen molar-refractivity contribution >= 4 is 11.9 Å². The largest absolute Gasteiger partial charge is 0.444 e. The molecule has 1 aliphatic heterocycles. The molecule has 1 amide bonds. The molecule has 0 bridgehead atoms. The topological polar surface area (TPSA) is 70.4 Å². The van der Waals surface area contributed by atoms with Gasteiger partial charge in [0.05, 0.1) is 17.2 Å². The first-order valence-electron chi connectivity index (χ1n) is 8.24. The van der Waals surface area contributed by atoms with Gasteiger partial charge >= 0.3 is 5.97 Å². The predicted octanol–water partition coefficient (Wildman–Crippen LogP) is 3.08. The van der Waals surface area contributed by atoms with E-state index in [1.165, 1.54) is 12.1 Å². The van der Waals surface area contributed by atoms with Crippen LogP contribution < -0.4 is 0 Å². The van der Waals surface area contributed by atoms with Crippen molar-refractivity contribution in [2.24, 2.45) is 0 Å². The molecule has 0 spiro atoms. The number of rotatable bonds is 4. The monoisotopic (exact) mass is 334 g/mol. The molecule has 3 rings (SSSR count). The van der Waals surface area contributed by atoms with Crippen molar-refractivity contribution in [1.29, 1.82) is 5.26 Å². The molecule has 0 unspecified atom stereocenters. The third kappa shape index (κ3) is 3.86. The minimum atomic E-state index is -0.956. The van der Waals surface area contributed by atoms with Crippen molar-refractivity contribution in [2.75, 3.05) is 13.1 Å². The highest BCUT2D eigenvalue weighted by molar-refractivity contribution is 5.92. The molecule has 5 nitrogen and oxygen atoms in total. The first-order valence-corrected chi connectivity index (χ1v) is 8.24. The van der Waals surface area contributed by atoms with E-state index in [0.29, 0.717) is 29.8 Å². The fraction of sp³-hybridized carbons (Fsp3) is 0.250. The number of benzene rings is 2. The van der Waals surface area contributed by atoms with Crippen molar-refractivity contribution in [3.05, 3.63) is 71.3 Å². The molecule has 126 valence electrons. The summed E-state index contributed by atoms with van der Waals surface area (Å²) >= 11 is 0. The van der Waals surface area contributed by atoms with E-state index in [2.05, 4.69) is 0 Å². The lowest BCUT2D eigenvalue weighted by Gasteiger charge is -2.23. The Balaban J connectivity index is 1.82. The average Bonchev–Trinajstić information content (AvgIpc) is 3.21. The molecular weight excluding hydrogens is 316 g/mol. The lowest BCUT2D eigenvalue weighted by molar-refractivity contribution is -0.140. The quantitative estimate of drug-likeness (QED) is 0.806. The summed E-state index contributed by atoms with van der Waals surface area (Å²) in [6, 6.07) is 17.2. The summed E-state index contributed by atoms with van der Waals surface area (Å²) in [5.74, 6) is -0.767. The van der Waals surface area contributed by atoms with E-state index in [1.807, 2.05) is 24.3 Å². The zero-order valence-corrected chi connectivity index (χ0v) is 13.7. The zero-order chi connectivity index (χ0) is 17.6. The molecule has 1 heterocycles. The van der Waals surface area contributed by atoms with E-state index in [-0.39, 0.29) is 5.91 Å². The number of hydrogen-bond donors (Lipinski definition) is 0. The molecule has 2 aromatic rings. The van der Waals surface area contributed by atoms with Gasteiger partial charge in [-0.15, -0.1) is 0 Å². The highest BCUT2D eigenvalue weighted by Crippen LogP contribution is 2.24. The predicted molar refractivity (Wildman–Crippen MR) is 91.6 cm³/mol. The van der Waals surface area contributed by atoms with Gasteiger partial charge in [-0.2, -0.15) is 5.26 Å². The number of ether oxygens (including phenoxy) is 1. The molecule has 0 radical (unpaired) electrons. The van der Waals surface area contributed by atoms with Gasteiger partial charge in [0.1, 0.15) is 0 Å². The summed E-state index contributed by atoms with van der Waals surface area (Å²) in [6.45, 7) is 1.38. The van der Waals surface area contributed by atoms with Crippen LogP contribution in [0.5, 0.6) is 0 Å². The number of carbonyl (C=O) groups excluding carboxylic acids is 2. The number of amides is 1. The van der Waals surface area contributed by atoms with Gasteiger partial charge in [-0.05, 0) is 37.1 Å². The fourth-order valence-electron chi connectivity index (χ4n) is 2.85. The van der Waals surface area contributed by atoms with Gasteiger partial charge in [-0.25, -0.2) is 4.79 Å². The molecule has 1 aliphatic rings. The lowest BCUT2D eigenvalue weighted by atomic mass is 10.1.